The molecule has 1 aromatic rings. The number of hydrogen-bond acceptors (Lipinski definition) is 1. The Morgan fingerprint density at radius 1 is 0.640 bits per heavy atom. The van der Waals surface area contributed by atoms with Crippen molar-refractivity contribution in [1.82, 2.24) is 0 Å². The van der Waals surface area contributed by atoms with Crippen LogP contribution in [0.5, 0.6) is 5.75 Å². The fraction of sp³-hybridized carbons (Fsp3) is 0.739. The van der Waals surface area contributed by atoms with Gasteiger partial charge in [-0.25, -0.2) is 0 Å². The molecule has 0 aliphatic rings. The summed E-state index contributed by atoms with van der Waals surface area (Å²) in [5, 5.41) is 13.6. The number of aryl methyl sites for hydroxylation is 1. The summed E-state index contributed by atoms with van der Waals surface area (Å²) in [6, 6.07) is 6.75. The molecule has 25 heavy (non-hydrogen) atoms. The molecule has 1 rings (SSSR count). The van der Waals surface area contributed by atoms with E-state index >= 15 is 0 Å². The van der Waals surface area contributed by atoms with E-state index < -0.39 is 0 Å². The van der Waals surface area contributed by atoms with Gasteiger partial charge in [-0.05, 0) is 6.92 Å². The van der Waals surface area contributed by atoms with Crippen LogP contribution in [0.1, 0.15) is 96.5 Å². The van der Waals surface area contributed by atoms with Crippen molar-refractivity contribution in [2.75, 3.05) is 0 Å². The predicted molar refractivity (Wildman–Crippen MR) is 113 cm³/mol. The van der Waals surface area contributed by atoms with Crippen LogP contribution >= 0.6 is 0 Å². The van der Waals surface area contributed by atoms with Crippen LogP contribution in [-0.4, -0.2) is 15.2 Å². The molecule has 0 fully saturated rings. The van der Waals surface area contributed by atoms with Gasteiger partial charge in [0, 0.05) is 0 Å². The summed E-state index contributed by atoms with van der Waals surface area (Å²) in [7, 11) is 0. The van der Waals surface area contributed by atoms with Crippen molar-refractivity contribution in [3.63, 3.8) is 0 Å². The van der Waals surface area contributed by atoms with Crippen LogP contribution in [0.2, 0.25) is 10.6 Å². The Bertz CT molecular complexity index is 326. The zero-order valence-corrected chi connectivity index (χ0v) is 18.3. The molecular formula is C23H41AlO. The van der Waals surface area contributed by atoms with Gasteiger partial charge >= 0.3 is 117 Å². The minimum absolute atomic E-state index is 0.0793. The normalized spacial score (nSPS) is 10.0. The molecule has 0 aliphatic carbocycles. The summed E-state index contributed by atoms with van der Waals surface area (Å²) in [5.41, 5.74) is 1.13. The number of unbranched alkanes of at least 4 members (excludes halogenated alkanes) is 10. The van der Waals surface area contributed by atoms with Gasteiger partial charge in [0.1, 0.15) is 0 Å². The minimum atomic E-state index is 0.0793. The predicted octanol–water partition coefficient (Wildman–Crippen LogP) is 7.32. The molecule has 0 amide bonds. The minimum Gasteiger partial charge on any atom is -0.872 e. The number of rotatable bonds is 14. The fourth-order valence-corrected chi connectivity index (χ4v) is 4.26. The first kappa shape index (κ1) is 24.6. The summed E-state index contributed by atoms with van der Waals surface area (Å²) in [5.74, 6) is 0.0793. The third-order valence-electron chi connectivity index (χ3n) is 4.54. The van der Waals surface area contributed by atoms with Crippen LogP contribution < -0.4 is 5.11 Å². The third-order valence-corrected chi connectivity index (χ3v) is 6.18. The SMILES string of the molecule is CCCCCCC[CH2][Al+][CH2]CCCCCCC.Cc1ccc([O-])cc1. The first-order valence-electron chi connectivity index (χ1n) is 10.8. The molecule has 0 saturated heterocycles. The topological polar surface area (TPSA) is 23.1 Å². The first-order chi connectivity index (χ1) is 12.2. The van der Waals surface area contributed by atoms with Gasteiger partial charge in [-0.1, -0.05) is 29.8 Å². The largest absolute Gasteiger partial charge is 0.872 e. The van der Waals surface area contributed by atoms with E-state index in [9.17, 15) is 5.11 Å². The molecule has 0 aromatic heterocycles. The van der Waals surface area contributed by atoms with Crippen LogP contribution in [-0.2, 0) is 0 Å². The zero-order valence-electron chi connectivity index (χ0n) is 17.2. The van der Waals surface area contributed by atoms with Gasteiger partial charge < -0.3 is 5.11 Å². The molecule has 1 aromatic carbocycles. The van der Waals surface area contributed by atoms with E-state index in [1.807, 2.05) is 19.1 Å². The van der Waals surface area contributed by atoms with E-state index in [1.165, 1.54) is 77.0 Å². The van der Waals surface area contributed by atoms with Gasteiger partial charge in [0.15, 0.2) is 0 Å². The number of benzene rings is 1. The van der Waals surface area contributed by atoms with E-state index in [4.69, 9.17) is 0 Å². The molecule has 0 heterocycles. The van der Waals surface area contributed by atoms with Crippen LogP contribution in [0.25, 0.3) is 0 Å². The van der Waals surface area contributed by atoms with Crippen molar-refractivity contribution in [2.45, 2.75) is 108 Å². The summed E-state index contributed by atoms with van der Waals surface area (Å²) < 4.78 is 0. The third kappa shape index (κ3) is 19.7. The van der Waals surface area contributed by atoms with Crippen molar-refractivity contribution in [3.8, 4) is 5.75 Å². The second-order valence-corrected chi connectivity index (χ2v) is 8.95. The van der Waals surface area contributed by atoms with Crippen molar-refractivity contribution in [3.05, 3.63) is 29.8 Å². The summed E-state index contributed by atoms with van der Waals surface area (Å²) in [4.78, 5) is 0. The molecule has 142 valence electrons. The van der Waals surface area contributed by atoms with E-state index in [0.717, 1.165) is 20.8 Å². The standard InChI is InChI=1S/2C8H17.C7H8O.Al/c2*1-3-5-7-8-6-4-2;1-6-2-4-7(8)5-3-6;/h2*1,3-8H2,2H3;2-5,8H,1H3;/q;;;+1/p-1. The van der Waals surface area contributed by atoms with Gasteiger partial charge in [0.25, 0.3) is 0 Å². The number of hydrogen-bond donors (Lipinski definition) is 0. The Balaban J connectivity index is 0.000000593. The van der Waals surface area contributed by atoms with Crippen molar-refractivity contribution >= 4 is 15.2 Å². The maximum absolute atomic E-state index is 10.4. The van der Waals surface area contributed by atoms with Crippen LogP contribution in [0, 0.1) is 6.92 Å². The molecule has 0 bridgehead atoms. The van der Waals surface area contributed by atoms with Gasteiger partial charge in [-0.2, -0.15) is 0 Å². The van der Waals surface area contributed by atoms with E-state index in [2.05, 4.69) is 13.8 Å². The van der Waals surface area contributed by atoms with Gasteiger partial charge in [-0.3, -0.25) is 0 Å². The maximum Gasteiger partial charge on any atom is -0.0398 e. The molecule has 0 unspecified atom stereocenters. The monoisotopic (exact) mass is 360 g/mol. The van der Waals surface area contributed by atoms with Crippen LogP contribution in [0.3, 0.4) is 0 Å². The summed E-state index contributed by atoms with van der Waals surface area (Å²) in [6.45, 7) is 6.55. The van der Waals surface area contributed by atoms with Crippen LogP contribution in [0.4, 0.5) is 0 Å². The quantitative estimate of drug-likeness (QED) is 0.252. The Hall–Kier alpha value is -0.448. The molecule has 2 heteroatoms. The zero-order chi connectivity index (χ0) is 18.6. The summed E-state index contributed by atoms with van der Waals surface area (Å²) in [6.07, 6.45) is 17.6. The maximum atomic E-state index is 10.4. The average molecular weight is 361 g/mol. The van der Waals surface area contributed by atoms with Crippen molar-refractivity contribution in [1.29, 1.82) is 0 Å². The van der Waals surface area contributed by atoms with Crippen LogP contribution in [0.15, 0.2) is 24.3 Å². The second-order valence-electron chi connectivity index (χ2n) is 7.21. The molecule has 0 N–H and O–H groups in total. The van der Waals surface area contributed by atoms with E-state index in [0.29, 0.717) is 0 Å². The van der Waals surface area contributed by atoms with Crippen molar-refractivity contribution in [2.24, 2.45) is 0 Å². The smallest absolute Gasteiger partial charge is 0.0398 e. The van der Waals surface area contributed by atoms with E-state index in [-0.39, 0.29) is 5.75 Å². The molecule has 0 aliphatic heterocycles. The Morgan fingerprint density at radius 2 is 1.04 bits per heavy atom. The Labute approximate surface area is 164 Å². The van der Waals surface area contributed by atoms with Gasteiger partial charge in [0.2, 0.25) is 0 Å². The van der Waals surface area contributed by atoms with Crippen molar-refractivity contribution < 1.29 is 5.11 Å². The molecule has 0 atom stereocenters. The molecule has 0 saturated carbocycles. The molecule has 1 nitrogen and oxygen atoms in total. The Morgan fingerprint density at radius 3 is 1.44 bits per heavy atom. The first-order valence-corrected chi connectivity index (χ1v) is 12.4. The Kier molecular flexibility index (Phi) is 19.5. The average Bonchev–Trinajstić information content (AvgIpc) is 2.62. The second kappa shape index (κ2) is 19.9. The van der Waals surface area contributed by atoms with E-state index in [1.54, 1.807) is 22.7 Å². The molecular weight excluding hydrogens is 319 g/mol. The van der Waals surface area contributed by atoms with Gasteiger partial charge in [-0.15, -0.1) is 5.75 Å². The molecule has 0 spiro atoms. The molecule has 0 radical (unpaired) electrons. The fourth-order valence-electron chi connectivity index (χ4n) is 2.82. The van der Waals surface area contributed by atoms with Gasteiger partial charge in [0.05, 0.1) is 0 Å². The summed E-state index contributed by atoms with van der Waals surface area (Å²) >= 11 is 0.794.